The zero-order valence-electron chi connectivity index (χ0n) is 11.4. The highest BCUT2D eigenvalue weighted by Crippen LogP contribution is 2.15. The molecule has 1 aromatic carbocycles. The fourth-order valence-electron chi connectivity index (χ4n) is 2.19. The largest absolute Gasteiger partial charge is 0.317 e. The molecule has 1 atom stereocenters. The molecule has 0 aliphatic rings. The molecule has 1 N–H and O–H groups in total. The summed E-state index contributed by atoms with van der Waals surface area (Å²) < 4.78 is 13.1. The average molecular weight is 237 g/mol. The lowest BCUT2D eigenvalue weighted by atomic mass is 9.96. The summed E-state index contributed by atoms with van der Waals surface area (Å²) in [7, 11) is 2.01. The molecule has 0 aliphatic heterocycles. The zero-order chi connectivity index (χ0) is 12.8. The topological polar surface area (TPSA) is 12.0 Å². The van der Waals surface area contributed by atoms with Crippen molar-refractivity contribution >= 4 is 0 Å². The van der Waals surface area contributed by atoms with Crippen molar-refractivity contribution in [1.82, 2.24) is 5.32 Å². The maximum absolute atomic E-state index is 13.1. The van der Waals surface area contributed by atoms with Crippen LogP contribution in [0.2, 0.25) is 0 Å². The van der Waals surface area contributed by atoms with Crippen molar-refractivity contribution < 1.29 is 4.39 Å². The van der Waals surface area contributed by atoms with Crippen LogP contribution in [-0.2, 0) is 6.42 Å². The van der Waals surface area contributed by atoms with Gasteiger partial charge in [0.2, 0.25) is 0 Å². The number of halogens is 1. The smallest absolute Gasteiger partial charge is 0.123 e. The second-order valence-corrected chi connectivity index (χ2v) is 5.22. The maximum atomic E-state index is 13.1. The van der Waals surface area contributed by atoms with Crippen molar-refractivity contribution in [3.8, 4) is 0 Å². The van der Waals surface area contributed by atoms with Crippen LogP contribution in [0.25, 0.3) is 0 Å². The molecule has 0 radical (unpaired) electrons. The molecule has 0 aliphatic carbocycles. The van der Waals surface area contributed by atoms with E-state index in [1.807, 2.05) is 20.0 Å². The van der Waals surface area contributed by atoms with E-state index in [1.165, 1.54) is 18.1 Å². The minimum atomic E-state index is -0.129. The van der Waals surface area contributed by atoms with Crippen LogP contribution < -0.4 is 5.32 Å². The first-order chi connectivity index (χ1) is 8.02. The standard InChI is InChI=1S/C15H24FN/c1-11(2)9-15(17-4)8-6-13-10-14(16)7-5-12(13)3/h5,7,10-11,15,17H,6,8-9H2,1-4H3. The van der Waals surface area contributed by atoms with Gasteiger partial charge >= 0.3 is 0 Å². The molecule has 0 fully saturated rings. The van der Waals surface area contributed by atoms with Crippen LogP contribution in [0.1, 0.15) is 37.8 Å². The lowest BCUT2D eigenvalue weighted by Gasteiger charge is -2.18. The summed E-state index contributed by atoms with van der Waals surface area (Å²) in [4.78, 5) is 0. The van der Waals surface area contributed by atoms with Crippen molar-refractivity contribution in [2.45, 2.75) is 46.1 Å². The van der Waals surface area contributed by atoms with Crippen LogP contribution >= 0.6 is 0 Å². The monoisotopic (exact) mass is 237 g/mol. The van der Waals surface area contributed by atoms with E-state index in [0.29, 0.717) is 12.0 Å². The predicted molar refractivity (Wildman–Crippen MR) is 71.8 cm³/mol. The Labute approximate surface area is 104 Å². The summed E-state index contributed by atoms with van der Waals surface area (Å²) in [5, 5.41) is 3.34. The highest BCUT2D eigenvalue weighted by Gasteiger charge is 2.09. The first-order valence-electron chi connectivity index (χ1n) is 6.45. The minimum absolute atomic E-state index is 0.129. The Morgan fingerprint density at radius 3 is 2.59 bits per heavy atom. The van der Waals surface area contributed by atoms with Gasteiger partial charge in [-0.1, -0.05) is 19.9 Å². The van der Waals surface area contributed by atoms with E-state index in [-0.39, 0.29) is 5.82 Å². The second-order valence-electron chi connectivity index (χ2n) is 5.22. The first-order valence-corrected chi connectivity index (χ1v) is 6.45. The van der Waals surface area contributed by atoms with Gasteiger partial charge in [-0.15, -0.1) is 0 Å². The summed E-state index contributed by atoms with van der Waals surface area (Å²) in [6.07, 6.45) is 3.19. The molecule has 0 saturated heterocycles. The summed E-state index contributed by atoms with van der Waals surface area (Å²) in [5.74, 6) is 0.566. The van der Waals surface area contributed by atoms with Gasteiger partial charge in [-0.2, -0.15) is 0 Å². The van der Waals surface area contributed by atoms with Crippen molar-refractivity contribution in [3.63, 3.8) is 0 Å². The van der Waals surface area contributed by atoms with Gasteiger partial charge in [-0.3, -0.25) is 0 Å². The molecular formula is C15H24FN. The normalized spacial score (nSPS) is 13.1. The third kappa shape index (κ3) is 4.86. The molecule has 0 amide bonds. The van der Waals surface area contributed by atoms with E-state index in [9.17, 15) is 4.39 Å². The molecule has 0 spiro atoms. The molecule has 0 aromatic heterocycles. The Bertz CT molecular complexity index is 347. The van der Waals surface area contributed by atoms with E-state index in [4.69, 9.17) is 0 Å². The van der Waals surface area contributed by atoms with Crippen LogP contribution in [-0.4, -0.2) is 13.1 Å². The number of hydrogen-bond acceptors (Lipinski definition) is 1. The van der Waals surface area contributed by atoms with Gasteiger partial charge in [0.15, 0.2) is 0 Å². The van der Waals surface area contributed by atoms with Gasteiger partial charge in [-0.25, -0.2) is 4.39 Å². The quantitative estimate of drug-likeness (QED) is 0.795. The highest BCUT2D eigenvalue weighted by molar-refractivity contribution is 5.26. The first kappa shape index (κ1) is 14.2. The van der Waals surface area contributed by atoms with E-state index >= 15 is 0 Å². The van der Waals surface area contributed by atoms with Crippen LogP contribution in [0.4, 0.5) is 4.39 Å². The Morgan fingerprint density at radius 1 is 1.29 bits per heavy atom. The number of hydrogen-bond donors (Lipinski definition) is 1. The Hall–Kier alpha value is -0.890. The fraction of sp³-hybridized carbons (Fsp3) is 0.600. The van der Waals surface area contributed by atoms with Crippen LogP contribution in [0.3, 0.4) is 0 Å². The Balaban J connectivity index is 2.56. The van der Waals surface area contributed by atoms with Gasteiger partial charge in [0, 0.05) is 6.04 Å². The minimum Gasteiger partial charge on any atom is -0.317 e. The van der Waals surface area contributed by atoms with Crippen LogP contribution in [0.5, 0.6) is 0 Å². The fourth-order valence-corrected chi connectivity index (χ4v) is 2.19. The number of aryl methyl sites for hydroxylation is 2. The Kier molecular flexibility index (Phi) is 5.63. The molecule has 0 heterocycles. The number of benzene rings is 1. The molecule has 1 rings (SSSR count). The summed E-state index contributed by atoms with van der Waals surface area (Å²) in [5.41, 5.74) is 2.32. The third-order valence-corrected chi connectivity index (χ3v) is 3.24. The summed E-state index contributed by atoms with van der Waals surface area (Å²) in [6.45, 7) is 6.52. The van der Waals surface area contributed by atoms with Gasteiger partial charge in [-0.05, 0) is 62.4 Å². The van der Waals surface area contributed by atoms with E-state index in [2.05, 4.69) is 19.2 Å². The van der Waals surface area contributed by atoms with Gasteiger partial charge < -0.3 is 5.32 Å². The summed E-state index contributed by atoms with van der Waals surface area (Å²) >= 11 is 0. The highest BCUT2D eigenvalue weighted by atomic mass is 19.1. The van der Waals surface area contributed by atoms with Crippen molar-refractivity contribution in [1.29, 1.82) is 0 Å². The van der Waals surface area contributed by atoms with E-state index in [1.54, 1.807) is 6.07 Å². The zero-order valence-corrected chi connectivity index (χ0v) is 11.4. The van der Waals surface area contributed by atoms with Gasteiger partial charge in [0.1, 0.15) is 5.82 Å². The third-order valence-electron chi connectivity index (χ3n) is 3.24. The van der Waals surface area contributed by atoms with Crippen molar-refractivity contribution in [2.75, 3.05) is 7.05 Å². The maximum Gasteiger partial charge on any atom is 0.123 e. The molecule has 0 bridgehead atoms. The average Bonchev–Trinajstić information content (AvgIpc) is 2.28. The molecule has 2 heteroatoms. The molecule has 17 heavy (non-hydrogen) atoms. The predicted octanol–water partition coefficient (Wildman–Crippen LogP) is 3.70. The van der Waals surface area contributed by atoms with E-state index < -0.39 is 0 Å². The molecule has 96 valence electrons. The lowest BCUT2D eigenvalue weighted by Crippen LogP contribution is -2.27. The van der Waals surface area contributed by atoms with Crippen molar-refractivity contribution in [3.05, 3.63) is 35.1 Å². The Morgan fingerprint density at radius 2 is 2.00 bits per heavy atom. The molecular weight excluding hydrogens is 213 g/mol. The number of nitrogens with one attached hydrogen (secondary N) is 1. The lowest BCUT2D eigenvalue weighted by molar-refractivity contribution is 0.421. The van der Waals surface area contributed by atoms with Crippen molar-refractivity contribution in [2.24, 2.45) is 5.92 Å². The molecule has 1 nitrogen and oxygen atoms in total. The molecule has 1 aromatic rings. The summed E-state index contributed by atoms with van der Waals surface area (Å²) in [6, 6.07) is 5.58. The SMILES string of the molecule is CNC(CCc1cc(F)ccc1C)CC(C)C. The van der Waals surface area contributed by atoms with Crippen LogP contribution in [0.15, 0.2) is 18.2 Å². The second kappa shape index (κ2) is 6.75. The molecule has 0 saturated carbocycles. The van der Waals surface area contributed by atoms with Gasteiger partial charge in [0.25, 0.3) is 0 Å². The number of rotatable bonds is 6. The van der Waals surface area contributed by atoms with Gasteiger partial charge in [0.05, 0.1) is 0 Å². The van der Waals surface area contributed by atoms with E-state index in [0.717, 1.165) is 18.4 Å². The van der Waals surface area contributed by atoms with Crippen LogP contribution in [0, 0.1) is 18.7 Å². The molecule has 1 unspecified atom stereocenters.